The number of rotatable bonds is 6. The number of carbonyl (C=O) groups is 1. The SMILES string of the molecule is CC1CCCCN1Cc1ccc(NC(=O)COc2ccc(F)cc2F)cc1. The van der Waals surface area contributed by atoms with Crippen molar-refractivity contribution >= 4 is 11.6 Å². The van der Waals surface area contributed by atoms with Gasteiger partial charge in [-0.2, -0.15) is 0 Å². The first-order valence-corrected chi connectivity index (χ1v) is 9.22. The van der Waals surface area contributed by atoms with Crippen LogP contribution >= 0.6 is 0 Å². The highest BCUT2D eigenvalue weighted by atomic mass is 19.1. The van der Waals surface area contributed by atoms with E-state index in [4.69, 9.17) is 4.74 Å². The van der Waals surface area contributed by atoms with Crippen LogP contribution in [0.15, 0.2) is 42.5 Å². The first-order valence-electron chi connectivity index (χ1n) is 9.22. The summed E-state index contributed by atoms with van der Waals surface area (Å²) >= 11 is 0. The van der Waals surface area contributed by atoms with Gasteiger partial charge in [0, 0.05) is 24.3 Å². The highest BCUT2D eigenvalue weighted by Crippen LogP contribution is 2.20. The number of carbonyl (C=O) groups excluding carboxylic acids is 1. The fourth-order valence-corrected chi connectivity index (χ4v) is 3.25. The molecular formula is C21H24F2N2O2. The number of nitrogens with one attached hydrogen (secondary N) is 1. The first kappa shape index (κ1) is 19.3. The summed E-state index contributed by atoms with van der Waals surface area (Å²) in [6.45, 7) is 3.94. The Morgan fingerprint density at radius 3 is 2.67 bits per heavy atom. The van der Waals surface area contributed by atoms with Gasteiger partial charge in [0.15, 0.2) is 18.2 Å². The Hall–Kier alpha value is -2.47. The van der Waals surface area contributed by atoms with E-state index in [-0.39, 0.29) is 12.4 Å². The molecule has 1 aliphatic rings. The topological polar surface area (TPSA) is 41.6 Å². The van der Waals surface area contributed by atoms with Gasteiger partial charge in [-0.15, -0.1) is 0 Å². The lowest BCUT2D eigenvalue weighted by Gasteiger charge is -2.33. The van der Waals surface area contributed by atoms with Gasteiger partial charge in [-0.25, -0.2) is 8.78 Å². The van der Waals surface area contributed by atoms with E-state index in [0.717, 1.165) is 31.3 Å². The van der Waals surface area contributed by atoms with E-state index in [1.165, 1.54) is 24.8 Å². The number of likely N-dealkylation sites (tertiary alicyclic amines) is 1. The minimum atomic E-state index is -0.834. The molecule has 1 saturated heterocycles. The Labute approximate surface area is 158 Å². The molecule has 1 unspecified atom stereocenters. The summed E-state index contributed by atoms with van der Waals surface area (Å²) in [5.74, 6) is -2.09. The lowest BCUT2D eigenvalue weighted by atomic mass is 10.0. The van der Waals surface area contributed by atoms with Gasteiger partial charge in [0.05, 0.1) is 0 Å². The number of ether oxygens (including phenoxy) is 1. The second-order valence-corrected chi connectivity index (χ2v) is 6.92. The zero-order valence-corrected chi connectivity index (χ0v) is 15.4. The van der Waals surface area contributed by atoms with Gasteiger partial charge in [0.25, 0.3) is 5.91 Å². The van der Waals surface area contributed by atoms with Crippen molar-refractivity contribution < 1.29 is 18.3 Å². The number of amides is 1. The highest BCUT2D eigenvalue weighted by Gasteiger charge is 2.18. The van der Waals surface area contributed by atoms with Gasteiger partial charge in [-0.3, -0.25) is 9.69 Å². The maximum Gasteiger partial charge on any atom is 0.262 e. The summed E-state index contributed by atoms with van der Waals surface area (Å²) < 4.78 is 31.5. The number of hydrogen-bond acceptors (Lipinski definition) is 3. The average Bonchev–Trinajstić information content (AvgIpc) is 2.64. The third kappa shape index (κ3) is 5.50. The van der Waals surface area contributed by atoms with E-state index in [1.54, 1.807) is 0 Å². The summed E-state index contributed by atoms with van der Waals surface area (Å²) in [5, 5.41) is 2.71. The Balaban J connectivity index is 1.49. The first-order chi connectivity index (χ1) is 13.0. The van der Waals surface area contributed by atoms with Crippen molar-refractivity contribution in [2.24, 2.45) is 0 Å². The summed E-state index contributed by atoms with van der Waals surface area (Å²) in [7, 11) is 0. The second kappa shape index (κ2) is 8.95. The highest BCUT2D eigenvalue weighted by molar-refractivity contribution is 5.91. The molecule has 2 aromatic rings. The van der Waals surface area contributed by atoms with Crippen molar-refractivity contribution in [3.8, 4) is 5.75 Å². The van der Waals surface area contributed by atoms with Crippen LogP contribution in [-0.2, 0) is 11.3 Å². The average molecular weight is 374 g/mol. The van der Waals surface area contributed by atoms with E-state index in [1.807, 2.05) is 24.3 Å². The van der Waals surface area contributed by atoms with Crippen LogP contribution in [0.25, 0.3) is 0 Å². The fourth-order valence-electron chi connectivity index (χ4n) is 3.25. The Bertz CT molecular complexity index is 780. The lowest BCUT2D eigenvalue weighted by molar-refractivity contribution is -0.118. The van der Waals surface area contributed by atoms with Crippen LogP contribution in [0.1, 0.15) is 31.7 Å². The van der Waals surface area contributed by atoms with Crippen LogP contribution in [0.3, 0.4) is 0 Å². The molecule has 1 aliphatic heterocycles. The number of benzene rings is 2. The van der Waals surface area contributed by atoms with Crippen molar-refractivity contribution in [2.75, 3.05) is 18.5 Å². The van der Waals surface area contributed by atoms with E-state index in [2.05, 4.69) is 17.1 Å². The molecular weight excluding hydrogens is 350 g/mol. The van der Waals surface area contributed by atoms with Crippen molar-refractivity contribution in [3.05, 3.63) is 59.7 Å². The monoisotopic (exact) mass is 374 g/mol. The molecule has 1 heterocycles. The van der Waals surface area contributed by atoms with Gasteiger partial charge in [0.1, 0.15) is 5.82 Å². The molecule has 4 nitrogen and oxygen atoms in total. The third-order valence-electron chi connectivity index (χ3n) is 4.82. The molecule has 1 N–H and O–H groups in total. The normalized spacial score (nSPS) is 17.5. The molecule has 1 fully saturated rings. The smallest absolute Gasteiger partial charge is 0.262 e. The predicted octanol–water partition coefficient (Wildman–Crippen LogP) is 4.36. The molecule has 3 rings (SSSR count). The van der Waals surface area contributed by atoms with Crippen LogP contribution in [0.2, 0.25) is 0 Å². The number of hydrogen-bond donors (Lipinski definition) is 1. The summed E-state index contributed by atoms with van der Waals surface area (Å²) in [5.41, 5.74) is 1.85. The quantitative estimate of drug-likeness (QED) is 0.817. The Kier molecular flexibility index (Phi) is 6.40. The van der Waals surface area contributed by atoms with Crippen molar-refractivity contribution in [1.82, 2.24) is 4.90 Å². The number of nitrogens with zero attached hydrogens (tertiary/aromatic N) is 1. The molecule has 0 aromatic heterocycles. The van der Waals surface area contributed by atoms with Gasteiger partial charge in [0.2, 0.25) is 0 Å². The Morgan fingerprint density at radius 1 is 1.19 bits per heavy atom. The molecule has 0 radical (unpaired) electrons. The van der Waals surface area contributed by atoms with Crippen molar-refractivity contribution in [2.45, 2.75) is 38.8 Å². The number of anilines is 1. The zero-order chi connectivity index (χ0) is 19.2. The van der Waals surface area contributed by atoms with Crippen LogP contribution in [0, 0.1) is 11.6 Å². The number of halogens is 2. The minimum Gasteiger partial charge on any atom is -0.481 e. The maximum absolute atomic E-state index is 13.5. The van der Waals surface area contributed by atoms with Crippen molar-refractivity contribution in [3.63, 3.8) is 0 Å². The zero-order valence-electron chi connectivity index (χ0n) is 15.4. The summed E-state index contributed by atoms with van der Waals surface area (Å²) in [4.78, 5) is 14.4. The minimum absolute atomic E-state index is 0.155. The van der Waals surface area contributed by atoms with E-state index in [9.17, 15) is 13.6 Å². The van der Waals surface area contributed by atoms with Crippen LogP contribution in [0.4, 0.5) is 14.5 Å². The molecule has 0 spiro atoms. The molecule has 6 heteroatoms. The molecule has 27 heavy (non-hydrogen) atoms. The van der Waals surface area contributed by atoms with E-state index < -0.39 is 17.5 Å². The van der Waals surface area contributed by atoms with Crippen LogP contribution in [-0.4, -0.2) is 30.0 Å². The fraction of sp³-hybridized carbons (Fsp3) is 0.381. The van der Waals surface area contributed by atoms with E-state index >= 15 is 0 Å². The molecule has 0 aliphatic carbocycles. The summed E-state index contributed by atoms with van der Waals surface area (Å²) in [6.07, 6.45) is 3.78. The molecule has 0 saturated carbocycles. The Morgan fingerprint density at radius 2 is 1.96 bits per heavy atom. The molecule has 1 amide bonds. The molecule has 1 atom stereocenters. The van der Waals surface area contributed by atoms with Crippen LogP contribution < -0.4 is 10.1 Å². The number of piperidine rings is 1. The molecule has 144 valence electrons. The van der Waals surface area contributed by atoms with Gasteiger partial charge in [-0.05, 0) is 56.1 Å². The molecule has 0 bridgehead atoms. The largest absolute Gasteiger partial charge is 0.481 e. The van der Waals surface area contributed by atoms with Crippen molar-refractivity contribution in [1.29, 1.82) is 0 Å². The summed E-state index contributed by atoms with van der Waals surface area (Å²) in [6, 6.07) is 11.2. The standard InChI is InChI=1S/C21H24F2N2O2/c1-15-4-2-3-11-25(15)13-16-5-8-18(9-6-16)24-21(26)14-27-20-10-7-17(22)12-19(20)23/h5-10,12,15H,2-4,11,13-14H2,1H3,(H,24,26). The third-order valence-corrected chi connectivity index (χ3v) is 4.82. The van der Waals surface area contributed by atoms with Gasteiger partial charge >= 0.3 is 0 Å². The van der Waals surface area contributed by atoms with E-state index in [0.29, 0.717) is 11.7 Å². The molecule has 2 aromatic carbocycles. The maximum atomic E-state index is 13.5. The predicted molar refractivity (Wildman–Crippen MR) is 101 cm³/mol. The van der Waals surface area contributed by atoms with Crippen LogP contribution in [0.5, 0.6) is 5.75 Å². The lowest BCUT2D eigenvalue weighted by Crippen LogP contribution is -2.36. The van der Waals surface area contributed by atoms with Gasteiger partial charge in [-0.1, -0.05) is 18.6 Å². The van der Waals surface area contributed by atoms with Gasteiger partial charge < -0.3 is 10.1 Å². The second-order valence-electron chi connectivity index (χ2n) is 6.92.